The van der Waals surface area contributed by atoms with Gasteiger partial charge in [0.1, 0.15) is 18.2 Å². The quantitative estimate of drug-likeness (QED) is 0.282. The number of carbonyl (C=O) groups is 1. The van der Waals surface area contributed by atoms with Gasteiger partial charge in [0.05, 0.1) is 17.6 Å². The number of hydrogen-bond donors (Lipinski definition) is 1. The molecule has 0 bridgehead atoms. The Balaban J connectivity index is 1.65. The van der Waals surface area contributed by atoms with Crippen molar-refractivity contribution >= 4 is 33.7 Å². The summed E-state index contributed by atoms with van der Waals surface area (Å²) in [5, 5.41) is 15.0. The molecule has 3 aromatic rings. The summed E-state index contributed by atoms with van der Waals surface area (Å²) in [5.41, 5.74) is 3.78. The first-order valence-electron chi connectivity index (χ1n) is 9.13. The number of amides is 1. The molecule has 0 spiro atoms. The van der Waals surface area contributed by atoms with Crippen LogP contribution in [0.25, 0.3) is 0 Å². The summed E-state index contributed by atoms with van der Waals surface area (Å²) >= 11 is 3.37. The molecule has 0 saturated carbocycles. The summed E-state index contributed by atoms with van der Waals surface area (Å²) in [6.45, 7) is 0.157. The van der Waals surface area contributed by atoms with E-state index >= 15 is 0 Å². The van der Waals surface area contributed by atoms with Gasteiger partial charge in [0, 0.05) is 21.7 Å². The summed E-state index contributed by atoms with van der Waals surface area (Å²) in [5.74, 6) is -0.355. The van der Waals surface area contributed by atoms with Crippen molar-refractivity contribution in [3.63, 3.8) is 0 Å². The van der Waals surface area contributed by atoms with Crippen molar-refractivity contribution in [3.05, 3.63) is 104 Å². The first-order chi connectivity index (χ1) is 14.9. The first-order valence-corrected chi connectivity index (χ1v) is 9.92. The van der Waals surface area contributed by atoms with Gasteiger partial charge in [0.15, 0.2) is 0 Å². The smallest absolute Gasteiger partial charge is 0.273 e. The number of nitrogens with zero attached hydrogens (tertiary/aromatic N) is 2. The Morgan fingerprint density at radius 1 is 1.16 bits per heavy atom. The zero-order valence-electron chi connectivity index (χ0n) is 16.1. The molecule has 7 nitrogen and oxygen atoms in total. The highest BCUT2D eigenvalue weighted by Gasteiger charge is 2.15. The average Bonchev–Trinajstić information content (AvgIpc) is 2.73. The van der Waals surface area contributed by atoms with E-state index in [2.05, 4.69) is 26.5 Å². The van der Waals surface area contributed by atoms with Crippen LogP contribution in [0.5, 0.6) is 5.75 Å². The molecule has 1 amide bonds. The fourth-order valence-electron chi connectivity index (χ4n) is 2.76. The SMILES string of the molecule is O=C(Cc1ccccc1[N+](=O)[O-])N/N=C/c1cc(Br)ccc1OCc1cccc(F)c1. The predicted octanol–water partition coefficient (Wildman–Crippen LogP) is 4.77. The maximum atomic E-state index is 13.3. The Hall–Kier alpha value is -3.59. The van der Waals surface area contributed by atoms with Crippen LogP contribution in [-0.2, 0) is 17.8 Å². The van der Waals surface area contributed by atoms with Gasteiger partial charge in [-0.1, -0.05) is 46.3 Å². The van der Waals surface area contributed by atoms with Crippen molar-refractivity contribution in [1.29, 1.82) is 0 Å². The average molecular weight is 486 g/mol. The van der Waals surface area contributed by atoms with Gasteiger partial charge in [-0.05, 0) is 35.9 Å². The van der Waals surface area contributed by atoms with E-state index in [1.807, 2.05) is 0 Å². The zero-order chi connectivity index (χ0) is 22.2. The second-order valence-corrected chi connectivity index (χ2v) is 7.37. The van der Waals surface area contributed by atoms with Gasteiger partial charge in [-0.15, -0.1) is 0 Å². The minimum atomic E-state index is -0.532. The maximum absolute atomic E-state index is 13.3. The predicted molar refractivity (Wildman–Crippen MR) is 117 cm³/mol. The number of halogens is 2. The van der Waals surface area contributed by atoms with E-state index in [0.29, 0.717) is 22.4 Å². The van der Waals surface area contributed by atoms with Crippen LogP contribution >= 0.6 is 15.9 Å². The number of ether oxygens (including phenoxy) is 1. The molecule has 3 aromatic carbocycles. The molecule has 0 aliphatic heterocycles. The van der Waals surface area contributed by atoms with Gasteiger partial charge >= 0.3 is 0 Å². The fraction of sp³-hybridized carbons (Fsp3) is 0.0909. The molecule has 1 N–H and O–H groups in total. The normalized spacial score (nSPS) is 10.8. The lowest BCUT2D eigenvalue weighted by Gasteiger charge is -2.10. The van der Waals surface area contributed by atoms with Gasteiger partial charge in [-0.3, -0.25) is 14.9 Å². The van der Waals surface area contributed by atoms with Gasteiger partial charge in [0.2, 0.25) is 5.91 Å². The molecule has 0 atom stereocenters. The molecule has 158 valence electrons. The van der Waals surface area contributed by atoms with Crippen LogP contribution in [0.4, 0.5) is 10.1 Å². The number of para-hydroxylation sites is 1. The highest BCUT2D eigenvalue weighted by Crippen LogP contribution is 2.23. The summed E-state index contributed by atoms with van der Waals surface area (Å²) in [7, 11) is 0. The van der Waals surface area contributed by atoms with Gasteiger partial charge < -0.3 is 4.74 Å². The molecular weight excluding hydrogens is 469 g/mol. The third-order valence-electron chi connectivity index (χ3n) is 4.19. The molecule has 0 heterocycles. The van der Waals surface area contributed by atoms with Gasteiger partial charge in [0.25, 0.3) is 5.69 Å². The molecule has 0 saturated heterocycles. The van der Waals surface area contributed by atoms with E-state index in [0.717, 1.165) is 4.47 Å². The second-order valence-electron chi connectivity index (χ2n) is 6.46. The summed E-state index contributed by atoms with van der Waals surface area (Å²) in [6, 6.07) is 17.4. The lowest BCUT2D eigenvalue weighted by atomic mass is 10.1. The third kappa shape index (κ3) is 6.45. The van der Waals surface area contributed by atoms with Crippen molar-refractivity contribution in [3.8, 4) is 5.75 Å². The van der Waals surface area contributed by atoms with Gasteiger partial charge in [-0.2, -0.15) is 5.10 Å². The van der Waals surface area contributed by atoms with Crippen LogP contribution < -0.4 is 10.2 Å². The van der Waals surface area contributed by atoms with Crippen molar-refractivity contribution in [2.45, 2.75) is 13.0 Å². The Bertz CT molecular complexity index is 1140. The highest BCUT2D eigenvalue weighted by molar-refractivity contribution is 9.10. The monoisotopic (exact) mass is 485 g/mol. The lowest BCUT2D eigenvalue weighted by Crippen LogP contribution is -2.20. The number of benzene rings is 3. The molecular formula is C22H17BrFN3O4. The summed E-state index contributed by atoms with van der Waals surface area (Å²) < 4.78 is 19.9. The Morgan fingerprint density at radius 3 is 2.74 bits per heavy atom. The number of nitro benzene ring substituents is 1. The number of hydrogen-bond acceptors (Lipinski definition) is 5. The van der Waals surface area contributed by atoms with Crippen LogP contribution in [0.1, 0.15) is 16.7 Å². The largest absolute Gasteiger partial charge is 0.488 e. The number of hydrazone groups is 1. The van der Waals surface area contributed by atoms with E-state index in [9.17, 15) is 19.3 Å². The molecule has 0 radical (unpaired) electrons. The Morgan fingerprint density at radius 2 is 1.97 bits per heavy atom. The highest BCUT2D eigenvalue weighted by atomic mass is 79.9. The van der Waals surface area contributed by atoms with Crippen molar-refractivity contribution in [2.24, 2.45) is 5.10 Å². The van der Waals surface area contributed by atoms with E-state index < -0.39 is 10.8 Å². The van der Waals surface area contributed by atoms with Crippen LogP contribution in [0.3, 0.4) is 0 Å². The maximum Gasteiger partial charge on any atom is 0.273 e. The van der Waals surface area contributed by atoms with Crippen molar-refractivity contribution in [1.82, 2.24) is 5.43 Å². The van der Waals surface area contributed by atoms with Crippen molar-refractivity contribution < 1.29 is 18.8 Å². The molecule has 0 aromatic heterocycles. The van der Waals surface area contributed by atoms with Crippen molar-refractivity contribution in [2.75, 3.05) is 0 Å². The number of nitrogens with one attached hydrogen (secondary N) is 1. The molecule has 0 fully saturated rings. The first kappa shape index (κ1) is 22.1. The number of rotatable bonds is 8. The minimum Gasteiger partial charge on any atom is -0.488 e. The molecule has 0 aliphatic carbocycles. The molecule has 3 rings (SSSR count). The number of carbonyl (C=O) groups excluding carboxylic acids is 1. The van der Waals surface area contributed by atoms with Gasteiger partial charge in [-0.25, -0.2) is 9.82 Å². The molecule has 9 heteroatoms. The summed E-state index contributed by atoms with van der Waals surface area (Å²) in [4.78, 5) is 22.7. The minimum absolute atomic E-state index is 0.123. The standard InChI is InChI=1S/C22H17BrFN3O4/c23-18-8-9-21(31-14-15-4-3-6-19(24)10-15)17(11-18)13-25-26-22(28)12-16-5-1-2-7-20(16)27(29)30/h1-11,13H,12,14H2,(H,26,28)/b25-13+. The van der Waals surface area contributed by atoms with Crippen LogP contribution in [0, 0.1) is 15.9 Å². The van der Waals surface area contributed by atoms with E-state index in [1.54, 1.807) is 36.4 Å². The van der Waals surface area contributed by atoms with Crippen LogP contribution in [0.2, 0.25) is 0 Å². The Labute approximate surface area is 185 Å². The Kier molecular flexibility index (Phi) is 7.45. The number of nitro groups is 1. The van der Waals surface area contributed by atoms with Crippen LogP contribution in [0.15, 0.2) is 76.3 Å². The third-order valence-corrected chi connectivity index (χ3v) is 4.68. The second kappa shape index (κ2) is 10.4. The molecule has 31 heavy (non-hydrogen) atoms. The lowest BCUT2D eigenvalue weighted by molar-refractivity contribution is -0.385. The zero-order valence-corrected chi connectivity index (χ0v) is 17.7. The van der Waals surface area contributed by atoms with E-state index in [1.165, 1.54) is 36.5 Å². The van der Waals surface area contributed by atoms with Crippen LogP contribution in [-0.4, -0.2) is 17.0 Å². The molecule has 0 unspecified atom stereocenters. The van der Waals surface area contributed by atoms with E-state index in [-0.39, 0.29) is 24.5 Å². The molecule has 0 aliphatic rings. The topological polar surface area (TPSA) is 93.8 Å². The fourth-order valence-corrected chi connectivity index (χ4v) is 3.14. The summed E-state index contributed by atoms with van der Waals surface area (Å²) in [6.07, 6.45) is 1.22. The van der Waals surface area contributed by atoms with E-state index in [4.69, 9.17) is 4.74 Å².